The Labute approximate surface area is 125 Å². The Kier molecular flexibility index (Phi) is 6.13. The first kappa shape index (κ1) is 15.9. The minimum absolute atomic E-state index is 0.142. The zero-order valence-electron chi connectivity index (χ0n) is 12.7. The number of methoxy groups -OCH3 is 1. The molecule has 3 N–H and O–H groups in total. The smallest absolute Gasteiger partial charge is 0.111 e. The topological polar surface area (TPSA) is 74.3 Å². The number of fused-ring (bicyclic) bond motifs is 1. The minimum atomic E-state index is 0.142. The van der Waals surface area contributed by atoms with Gasteiger partial charge in [-0.1, -0.05) is 12.1 Å². The third kappa shape index (κ3) is 4.25. The van der Waals surface area contributed by atoms with Gasteiger partial charge in [0.05, 0.1) is 24.2 Å². The number of para-hydroxylation sites is 2. The highest BCUT2D eigenvalue weighted by Crippen LogP contribution is 2.15. The molecule has 1 aromatic heterocycles. The van der Waals surface area contributed by atoms with Gasteiger partial charge < -0.3 is 14.0 Å². The van der Waals surface area contributed by atoms with Crippen molar-refractivity contribution < 1.29 is 9.47 Å². The number of hydrogen-bond acceptors (Lipinski definition) is 5. The summed E-state index contributed by atoms with van der Waals surface area (Å²) in [7, 11) is 3.70. The van der Waals surface area contributed by atoms with E-state index in [-0.39, 0.29) is 6.04 Å². The number of nitrogens with one attached hydrogen (secondary N) is 1. The molecule has 1 heterocycles. The highest BCUT2D eigenvalue weighted by Gasteiger charge is 2.13. The lowest BCUT2D eigenvalue weighted by Crippen LogP contribution is -2.38. The van der Waals surface area contributed by atoms with Crippen LogP contribution in [-0.4, -0.2) is 42.5 Å². The SMILES string of the molecule is COCCOCCC(Cc1nc2ccccc2n1C)NN. The van der Waals surface area contributed by atoms with Gasteiger partial charge in [0.25, 0.3) is 0 Å². The van der Waals surface area contributed by atoms with Gasteiger partial charge >= 0.3 is 0 Å². The first-order valence-corrected chi connectivity index (χ1v) is 7.19. The van der Waals surface area contributed by atoms with Gasteiger partial charge in [0.2, 0.25) is 0 Å². The van der Waals surface area contributed by atoms with E-state index in [1.165, 1.54) is 0 Å². The number of hydrazine groups is 1. The van der Waals surface area contributed by atoms with Gasteiger partial charge in [0, 0.05) is 33.2 Å². The lowest BCUT2D eigenvalue weighted by molar-refractivity contribution is 0.0657. The summed E-state index contributed by atoms with van der Waals surface area (Å²) in [5, 5.41) is 0. The molecular weight excluding hydrogens is 268 g/mol. The second-order valence-electron chi connectivity index (χ2n) is 5.04. The Morgan fingerprint density at radius 2 is 2.10 bits per heavy atom. The number of aryl methyl sites for hydroxylation is 1. The summed E-state index contributed by atoms with van der Waals surface area (Å²) in [4.78, 5) is 4.66. The van der Waals surface area contributed by atoms with E-state index in [1.807, 2.05) is 25.2 Å². The Balaban J connectivity index is 1.92. The predicted molar refractivity (Wildman–Crippen MR) is 82.8 cm³/mol. The zero-order valence-corrected chi connectivity index (χ0v) is 12.7. The van der Waals surface area contributed by atoms with Crippen LogP contribution in [0.2, 0.25) is 0 Å². The molecule has 0 aliphatic heterocycles. The van der Waals surface area contributed by atoms with Crippen LogP contribution in [0, 0.1) is 0 Å². The third-order valence-corrected chi connectivity index (χ3v) is 3.59. The fourth-order valence-corrected chi connectivity index (χ4v) is 2.31. The first-order valence-electron chi connectivity index (χ1n) is 7.19. The quantitative estimate of drug-likeness (QED) is 0.410. The summed E-state index contributed by atoms with van der Waals surface area (Å²) in [6.07, 6.45) is 1.61. The average molecular weight is 292 g/mol. The summed E-state index contributed by atoms with van der Waals surface area (Å²) in [5.41, 5.74) is 5.00. The van der Waals surface area contributed by atoms with Crippen LogP contribution in [0.25, 0.3) is 11.0 Å². The molecule has 1 atom stereocenters. The van der Waals surface area contributed by atoms with Crippen LogP contribution in [0.5, 0.6) is 0 Å². The zero-order chi connectivity index (χ0) is 15.1. The summed E-state index contributed by atoms with van der Waals surface area (Å²) in [6.45, 7) is 1.88. The van der Waals surface area contributed by atoms with Crippen molar-refractivity contribution in [3.8, 4) is 0 Å². The molecule has 2 aromatic rings. The van der Waals surface area contributed by atoms with E-state index >= 15 is 0 Å². The normalized spacial score (nSPS) is 12.9. The van der Waals surface area contributed by atoms with Crippen LogP contribution in [0.15, 0.2) is 24.3 Å². The number of rotatable bonds is 9. The lowest BCUT2D eigenvalue weighted by atomic mass is 10.1. The van der Waals surface area contributed by atoms with Crippen LogP contribution in [-0.2, 0) is 22.9 Å². The van der Waals surface area contributed by atoms with Crippen molar-refractivity contribution in [1.29, 1.82) is 0 Å². The van der Waals surface area contributed by atoms with E-state index in [9.17, 15) is 0 Å². The van der Waals surface area contributed by atoms with Crippen molar-refractivity contribution in [3.05, 3.63) is 30.1 Å². The van der Waals surface area contributed by atoms with Gasteiger partial charge in [0.15, 0.2) is 0 Å². The molecule has 0 radical (unpaired) electrons. The predicted octanol–water partition coefficient (Wildman–Crippen LogP) is 1.00. The molecule has 2 rings (SSSR count). The molecule has 1 aromatic carbocycles. The molecule has 0 bridgehead atoms. The van der Waals surface area contributed by atoms with Gasteiger partial charge in [-0.2, -0.15) is 0 Å². The molecule has 0 amide bonds. The fourth-order valence-electron chi connectivity index (χ4n) is 2.31. The average Bonchev–Trinajstić information content (AvgIpc) is 2.82. The number of ether oxygens (including phenoxy) is 2. The van der Waals surface area contributed by atoms with Crippen molar-refractivity contribution in [3.63, 3.8) is 0 Å². The molecule has 0 aliphatic carbocycles. The van der Waals surface area contributed by atoms with E-state index < -0.39 is 0 Å². The second kappa shape index (κ2) is 8.09. The molecule has 0 fully saturated rings. The van der Waals surface area contributed by atoms with Gasteiger partial charge in [-0.15, -0.1) is 0 Å². The van der Waals surface area contributed by atoms with Crippen molar-refractivity contribution in [1.82, 2.24) is 15.0 Å². The molecular formula is C15H24N4O2. The fraction of sp³-hybridized carbons (Fsp3) is 0.533. The second-order valence-corrected chi connectivity index (χ2v) is 5.04. The first-order chi connectivity index (χ1) is 10.3. The molecule has 0 spiro atoms. The number of aromatic nitrogens is 2. The van der Waals surface area contributed by atoms with E-state index in [0.717, 1.165) is 29.7 Å². The van der Waals surface area contributed by atoms with Crippen LogP contribution >= 0.6 is 0 Å². The Hall–Kier alpha value is -1.47. The van der Waals surface area contributed by atoms with E-state index in [4.69, 9.17) is 15.3 Å². The third-order valence-electron chi connectivity index (χ3n) is 3.59. The number of nitrogens with zero attached hydrogens (tertiary/aromatic N) is 2. The monoisotopic (exact) mass is 292 g/mol. The summed E-state index contributed by atoms with van der Waals surface area (Å²) in [5.74, 6) is 6.66. The van der Waals surface area contributed by atoms with Crippen LogP contribution in [0.1, 0.15) is 12.2 Å². The van der Waals surface area contributed by atoms with Crippen molar-refractivity contribution in [2.45, 2.75) is 18.9 Å². The van der Waals surface area contributed by atoms with Crippen molar-refractivity contribution >= 4 is 11.0 Å². The Bertz CT molecular complexity index is 556. The van der Waals surface area contributed by atoms with E-state index in [1.54, 1.807) is 7.11 Å². The van der Waals surface area contributed by atoms with Crippen LogP contribution in [0.3, 0.4) is 0 Å². The Morgan fingerprint density at radius 3 is 2.81 bits per heavy atom. The van der Waals surface area contributed by atoms with Gasteiger partial charge in [-0.3, -0.25) is 11.3 Å². The van der Waals surface area contributed by atoms with Gasteiger partial charge in [0.1, 0.15) is 5.82 Å². The number of benzene rings is 1. The van der Waals surface area contributed by atoms with Gasteiger partial charge in [-0.25, -0.2) is 4.98 Å². The molecule has 6 heteroatoms. The molecule has 21 heavy (non-hydrogen) atoms. The largest absolute Gasteiger partial charge is 0.382 e. The summed E-state index contributed by atoms with van der Waals surface area (Å²) < 4.78 is 12.5. The summed E-state index contributed by atoms with van der Waals surface area (Å²) in [6, 6.07) is 8.27. The lowest BCUT2D eigenvalue weighted by Gasteiger charge is -2.15. The molecule has 6 nitrogen and oxygen atoms in total. The number of hydrogen-bond donors (Lipinski definition) is 2. The maximum absolute atomic E-state index is 5.64. The summed E-state index contributed by atoms with van der Waals surface area (Å²) >= 11 is 0. The van der Waals surface area contributed by atoms with Gasteiger partial charge in [-0.05, 0) is 18.6 Å². The molecule has 0 aliphatic rings. The molecule has 0 saturated heterocycles. The maximum atomic E-state index is 5.64. The van der Waals surface area contributed by atoms with E-state index in [0.29, 0.717) is 19.8 Å². The number of nitrogens with two attached hydrogens (primary N) is 1. The van der Waals surface area contributed by atoms with Crippen molar-refractivity contribution in [2.75, 3.05) is 26.9 Å². The standard InChI is InChI=1S/C15H24N4O2/c1-19-14-6-4-3-5-13(14)17-15(19)11-12(18-16)7-8-21-10-9-20-2/h3-6,12,18H,7-11,16H2,1-2H3. The molecule has 1 unspecified atom stereocenters. The van der Waals surface area contributed by atoms with Crippen molar-refractivity contribution in [2.24, 2.45) is 12.9 Å². The maximum Gasteiger partial charge on any atom is 0.111 e. The number of imidazole rings is 1. The minimum Gasteiger partial charge on any atom is -0.382 e. The van der Waals surface area contributed by atoms with Crippen LogP contribution in [0.4, 0.5) is 0 Å². The highest BCUT2D eigenvalue weighted by atomic mass is 16.5. The molecule has 0 saturated carbocycles. The molecule has 116 valence electrons. The van der Waals surface area contributed by atoms with E-state index in [2.05, 4.69) is 21.0 Å². The Morgan fingerprint density at radius 1 is 1.29 bits per heavy atom. The van der Waals surface area contributed by atoms with Crippen LogP contribution < -0.4 is 11.3 Å². The highest BCUT2D eigenvalue weighted by molar-refractivity contribution is 5.75.